The molecule has 0 bridgehead atoms. The Labute approximate surface area is 104 Å². The molecule has 3 heteroatoms. The van der Waals surface area contributed by atoms with Crippen LogP contribution < -0.4 is 4.74 Å². The largest absolute Gasteiger partial charge is 0.496 e. The molecular formula is C12H14BrClO. The fourth-order valence-corrected chi connectivity index (χ4v) is 1.77. The Morgan fingerprint density at radius 1 is 1.53 bits per heavy atom. The Balaban J connectivity index is 2.98. The second kappa shape index (κ2) is 5.57. The molecule has 1 nitrogen and oxygen atoms in total. The first kappa shape index (κ1) is 12.6. The first-order valence-corrected chi connectivity index (χ1v) is 5.93. The number of halogens is 2. The number of alkyl halides is 1. The molecule has 1 aromatic rings. The van der Waals surface area contributed by atoms with E-state index in [-0.39, 0.29) is 5.38 Å². The van der Waals surface area contributed by atoms with Crippen molar-refractivity contribution in [2.24, 2.45) is 0 Å². The third-order valence-electron chi connectivity index (χ3n) is 2.20. The molecule has 0 amide bonds. The molecule has 1 aromatic carbocycles. The zero-order valence-corrected chi connectivity index (χ0v) is 11.4. The minimum absolute atomic E-state index is 0.0610. The lowest BCUT2D eigenvalue weighted by Gasteiger charge is -2.06. The van der Waals surface area contributed by atoms with Gasteiger partial charge >= 0.3 is 0 Å². The Hall–Kier alpha value is -0.470. The number of ether oxygens (including phenoxy) is 1. The molecular weight excluding hydrogens is 275 g/mol. The van der Waals surface area contributed by atoms with Crippen LogP contribution in [0.15, 0.2) is 28.2 Å². The van der Waals surface area contributed by atoms with Crippen LogP contribution in [-0.2, 0) is 0 Å². The number of benzene rings is 1. The molecule has 0 heterocycles. The van der Waals surface area contributed by atoms with Crippen molar-refractivity contribution in [1.29, 1.82) is 0 Å². The summed E-state index contributed by atoms with van der Waals surface area (Å²) >= 11 is 9.42. The van der Waals surface area contributed by atoms with Crippen molar-refractivity contribution in [3.8, 4) is 5.75 Å². The summed E-state index contributed by atoms with van der Waals surface area (Å²) in [6.07, 6.45) is 2.07. The summed E-state index contributed by atoms with van der Waals surface area (Å²) in [6, 6.07) is 5.95. The number of allylic oxidation sites excluding steroid dienone is 1. The van der Waals surface area contributed by atoms with E-state index in [1.165, 1.54) is 0 Å². The average molecular weight is 290 g/mol. The van der Waals surface area contributed by atoms with Crippen LogP contribution in [0.4, 0.5) is 0 Å². The summed E-state index contributed by atoms with van der Waals surface area (Å²) < 4.78 is 6.11. The molecule has 0 aliphatic carbocycles. The maximum absolute atomic E-state index is 5.97. The van der Waals surface area contributed by atoms with E-state index in [2.05, 4.69) is 22.0 Å². The lowest BCUT2D eigenvalue weighted by Crippen LogP contribution is -1.92. The Morgan fingerprint density at radius 3 is 2.67 bits per heavy atom. The van der Waals surface area contributed by atoms with Gasteiger partial charge in [0.15, 0.2) is 0 Å². The van der Waals surface area contributed by atoms with Crippen molar-refractivity contribution < 1.29 is 4.74 Å². The molecule has 0 aliphatic rings. The lowest BCUT2D eigenvalue weighted by atomic mass is 10.1. The fourth-order valence-electron chi connectivity index (χ4n) is 1.15. The first-order valence-electron chi connectivity index (χ1n) is 4.70. The third-order valence-corrected chi connectivity index (χ3v) is 3.16. The molecule has 1 unspecified atom stereocenters. The highest BCUT2D eigenvalue weighted by atomic mass is 79.9. The number of hydrogen-bond donors (Lipinski definition) is 0. The van der Waals surface area contributed by atoms with Gasteiger partial charge in [-0.3, -0.25) is 0 Å². The normalized spacial score (nSPS) is 13.8. The average Bonchev–Trinajstić information content (AvgIpc) is 2.18. The van der Waals surface area contributed by atoms with E-state index in [1.54, 1.807) is 7.11 Å². The van der Waals surface area contributed by atoms with Crippen LogP contribution in [-0.4, -0.2) is 12.5 Å². The van der Waals surface area contributed by atoms with Crippen LogP contribution in [0.25, 0.3) is 6.08 Å². The van der Waals surface area contributed by atoms with Crippen LogP contribution in [0.5, 0.6) is 5.75 Å². The van der Waals surface area contributed by atoms with Crippen LogP contribution in [0, 0.1) is 0 Å². The van der Waals surface area contributed by atoms with Crippen molar-refractivity contribution in [1.82, 2.24) is 0 Å². The van der Waals surface area contributed by atoms with Gasteiger partial charge in [-0.15, -0.1) is 11.6 Å². The van der Waals surface area contributed by atoms with Gasteiger partial charge in [-0.25, -0.2) is 0 Å². The summed E-state index contributed by atoms with van der Waals surface area (Å²) in [5.74, 6) is 0.837. The van der Waals surface area contributed by atoms with E-state index in [4.69, 9.17) is 16.3 Å². The maximum atomic E-state index is 5.97. The third kappa shape index (κ3) is 3.54. The molecule has 0 aliphatic heterocycles. The van der Waals surface area contributed by atoms with Gasteiger partial charge in [0.2, 0.25) is 0 Å². The van der Waals surface area contributed by atoms with E-state index in [0.29, 0.717) is 0 Å². The van der Waals surface area contributed by atoms with Crippen LogP contribution in [0.3, 0.4) is 0 Å². The molecule has 0 saturated heterocycles. The van der Waals surface area contributed by atoms with Gasteiger partial charge in [0.05, 0.1) is 17.0 Å². The topological polar surface area (TPSA) is 9.23 Å². The number of methoxy groups -OCH3 is 1. The number of hydrogen-bond acceptors (Lipinski definition) is 1. The van der Waals surface area contributed by atoms with E-state index in [1.807, 2.05) is 32.0 Å². The summed E-state index contributed by atoms with van der Waals surface area (Å²) in [7, 11) is 1.65. The minimum Gasteiger partial charge on any atom is -0.496 e. The second-order valence-corrected chi connectivity index (χ2v) is 4.91. The fraction of sp³-hybridized carbons (Fsp3) is 0.333. The second-order valence-electron chi connectivity index (χ2n) is 3.40. The number of rotatable bonds is 3. The van der Waals surface area contributed by atoms with E-state index >= 15 is 0 Å². The molecule has 0 aromatic heterocycles. The van der Waals surface area contributed by atoms with Crippen molar-refractivity contribution in [3.63, 3.8) is 0 Å². The maximum Gasteiger partial charge on any atom is 0.133 e. The predicted molar refractivity (Wildman–Crippen MR) is 69.7 cm³/mol. The summed E-state index contributed by atoms with van der Waals surface area (Å²) in [5, 5.41) is 0.0610. The van der Waals surface area contributed by atoms with Crippen molar-refractivity contribution in [2.75, 3.05) is 7.11 Å². The smallest absolute Gasteiger partial charge is 0.133 e. The molecule has 1 atom stereocenters. The molecule has 0 spiro atoms. The van der Waals surface area contributed by atoms with Gasteiger partial charge < -0.3 is 4.74 Å². The van der Waals surface area contributed by atoms with Gasteiger partial charge in [0.25, 0.3) is 0 Å². The zero-order chi connectivity index (χ0) is 11.4. The molecule has 0 N–H and O–H groups in total. The summed E-state index contributed by atoms with van der Waals surface area (Å²) in [4.78, 5) is 0. The quantitative estimate of drug-likeness (QED) is 0.745. The molecule has 0 radical (unpaired) electrons. The van der Waals surface area contributed by atoms with E-state index < -0.39 is 0 Å². The molecule has 0 fully saturated rings. The highest BCUT2D eigenvalue weighted by molar-refractivity contribution is 9.10. The van der Waals surface area contributed by atoms with Gasteiger partial charge in [-0.1, -0.05) is 17.7 Å². The standard InChI is InChI=1S/C12H14BrClO/c1-8(9(2)14)6-10-4-5-12(15-3)11(13)7-10/h4-7,9H,1-3H3/b8-6-. The molecule has 1 rings (SSSR count). The Kier molecular flexibility index (Phi) is 4.68. The Morgan fingerprint density at radius 2 is 2.20 bits per heavy atom. The van der Waals surface area contributed by atoms with Crippen molar-refractivity contribution in [3.05, 3.63) is 33.8 Å². The van der Waals surface area contributed by atoms with Crippen molar-refractivity contribution in [2.45, 2.75) is 19.2 Å². The van der Waals surface area contributed by atoms with Gasteiger partial charge in [0, 0.05) is 0 Å². The minimum atomic E-state index is 0.0610. The zero-order valence-electron chi connectivity index (χ0n) is 9.05. The van der Waals surface area contributed by atoms with E-state index in [9.17, 15) is 0 Å². The van der Waals surface area contributed by atoms with Crippen LogP contribution in [0.2, 0.25) is 0 Å². The van der Waals surface area contributed by atoms with E-state index in [0.717, 1.165) is 21.4 Å². The SMILES string of the molecule is COc1ccc(/C=C(/C)C(C)Cl)cc1Br. The van der Waals surface area contributed by atoms with Gasteiger partial charge in [-0.2, -0.15) is 0 Å². The summed E-state index contributed by atoms with van der Waals surface area (Å²) in [5.41, 5.74) is 2.27. The van der Waals surface area contributed by atoms with Crippen LogP contribution >= 0.6 is 27.5 Å². The predicted octanol–water partition coefficient (Wildman–Crippen LogP) is 4.49. The monoisotopic (exact) mass is 288 g/mol. The highest BCUT2D eigenvalue weighted by Gasteiger charge is 2.02. The van der Waals surface area contributed by atoms with Crippen molar-refractivity contribution >= 4 is 33.6 Å². The molecule has 15 heavy (non-hydrogen) atoms. The van der Waals surface area contributed by atoms with Gasteiger partial charge in [-0.05, 0) is 47.5 Å². The van der Waals surface area contributed by atoms with Crippen LogP contribution in [0.1, 0.15) is 19.4 Å². The lowest BCUT2D eigenvalue weighted by molar-refractivity contribution is 0.412. The molecule has 0 saturated carbocycles. The molecule has 82 valence electrons. The highest BCUT2D eigenvalue weighted by Crippen LogP contribution is 2.26. The first-order chi connectivity index (χ1) is 7.04. The van der Waals surface area contributed by atoms with Gasteiger partial charge in [0.1, 0.15) is 5.75 Å². The summed E-state index contributed by atoms with van der Waals surface area (Å²) in [6.45, 7) is 3.99. The Bertz CT molecular complexity index is 372.